The number of halogens is 4. The third-order valence-corrected chi connectivity index (χ3v) is 2.32. The van der Waals surface area contributed by atoms with Crippen LogP contribution in [-0.2, 0) is 16.5 Å². The number of alkyl halides is 3. The van der Waals surface area contributed by atoms with Crippen LogP contribution in [0.1, 0.15) is 18.1 Å². The minimum absolute atomic E-state index is 0.0323. The van der Waals surface area contributed by atoms with E-state index in [0.717, 1.165) is 6.07 Å². The lowest BCUT2D eigenvalue weighted by Gasteiger charge is -2.23. The molecule has 6 heteroatoms. The summed E-state index contributed by atoms with van der Waals surface area (Å²) in [6.45, 7) is 1.19. The van der Waals surface area contributed by atoms with Crippen molar-refractivity contribution < 1.29 is 27.4 Å². The fourth-order valence-electron chi connectivity index (χ4n) is 1.44. The van der Waals surface area contributed by atoms with E-state index in [4.69, 9.17) is 4.74 Å². The fraction of sp³-hybridized carbons (Fsp3) is 0.455. The molecule has 0 aliphatic carbocycles. The standard InChI is InChI=1S/C11H12F4O2/c1-10(16,6-17-2)7-3-4-8(9(12)5-7)11(13,14)15/h3-5,16H,6H2,1-2H3. The Bertz CT molecular complexity index is 399. The zero-order valence-corrected chi connectivity index (χ0v) is 9.31. The second-order valence-corrected chi connectivity index (χ2v) is 3.90. The maximum atomic E-state index is 13.2. The zero-order valence-electron chi connectivity index (χ0n) is 9.31. The van der Waals surface area contributed by atoms with Gasteiger partial charge in [0.15, 0.2) is 0 Å². The van der Waals surface area contributed by atoms with E-state index in [0.29, 0.717) is 12.1 Å². The highest BCUT2D eigenvalue weighted by atomic mass is 19.4. The van der Waals surface area contributed by atoms with Crippen LogP contribution in [0.15, 0.2) is 18.2 Å². The molecule has 0 bridgehead atoms. The number of rotatable bonds is 3. The van der Waals surface area contributed by atoms with Gasteiger partial charge >= 0.3 is 6.18 Å². The molecular weight excluding hydrogens is 240 g/mol. The quantitative estimate of drug-likeness (QED) is 0.838. The second kappa shape index (κ2) is 4.62. The van der Waals surface area contributed by atoms with Gasteiger partial charge in [0.2, 0.25) is 0 Å². The van der Waals surface area contributed by atoms with E-state index >= 15 is 0 Å². The summed E-state index contributed by atoms with van der Waals surface area (Å²) in [5.41, 5.74) is -2.85. The highest BCUT2D eigenvalue weighted by Gasteiger charge is 2.35. The molecule has 0 heterocycles. The Morgan fingerprint density at radius 2 is 1.88 bits per heavy atom. The molecular formula is C11H12F4O2. The van der Waals surface area contributed by atoms with Gasteiger partial charge in [0.25, 0.3) is 0 Å². The van der Waals surface area contributed by atoms with Crippen LogP contribution in [0.3, 0.4) is 0 Å². The lowest BCUT2D eigenvalue weighted by molar-refractivity contribution is -0.140. The SMILES string of the molecule is COCC(C)(O)c1ccc(C(F)(F)F)c(F)c1. The van der Waals surface area contributed by atoms with Gasteiger partial charge in [-0.25, -0.2) is 4.39 Å². The van der Waals surface area contributed by atoms with Crippen molar-refractivity contribution in [3.63, 3.8) is 0 Å². The molecule has 0 aliphatic heterocycles. The van der Waals surface area contributed by atoms with Gasteiger partial charge < -0.3 is 9.84 Å². The summed E-state index contributed by atoms with van der Waals surface area (Å²) in [4.78, 5) is 0. The molecule has 0 amide bonds. The highest BCUT2D eigenvalue weighted by Crippen LogP contribution is 2.33. The molecule has 0 saturated carbocycles. The molecule has 1 aromatic rings. The molecule has 1 atom stereocenters. The Labute approximate surface area is 95.8 Å². The molecule has 0 fully saturated rings. The maximum absolute atomic E-state index is 13.2. The topological polar surface area (TPSA) is 29.5 Å². The molecule has 2 nitrogen and oxygen atoms in total. The molecule has 0 spiro atoms. The number of benzene rings is 1. The molecule has 1 rings (SSSR count). The summed E-state index contributed by atoms with van der Waals surface area (Å²) in [6.07, 6.45) is -4.74. The lowest BCUT2D eigenvalue weighted by atomic mass is 9.95. The first kappa shape index (κ1) is 13.9. The van der Waals surface area contributed by atoms with Gasteiger partial charge in [-0.2, -0.15) is 13.2 Å². The fourth-order valence-corrected chi connectivity index (χ4v) is 1.44. The first-order valence-corrected chi connectivity index (χ1v) is 4.77. The number of aliphatic hydroxyl groups is 1. The highest BCUT2D eigenvalue weighted by molar-refractivity contribution is 5.30. The van der Waals surface area contributed by atoms with Gasteiger partial charge in [0, 0.05) is 7.11 Å². The van der Waals surface area contributed by atoms with Crippen molar-refractivity contribution in [3.8, 4) is 0 Å². The van der Waals surface area contributed by atoms with E-state index in [-0.39, 0.29) is 12.2 Å². The Hall–Kier alpha value is -1.14. The van der Waals surface area contributed by atoms with Crippen molar-refractivity contribution in [1.82, 2.24) is 0 Å². The molecule has 0 aromatic heterocycles. The minimum Gasteiger partial charge on any atom is -0.383 e. The van der Waals surface area contributed by atoms with Gasteiger partial charge in [-0.15, -0.1) is 0 Å². The van der Waals surface area contributed by atoms with Crippen molar-refractivity contribution >= 4 is 0 Å². The van der Waals surface area contributed by atoms with E-state index in [1.165, 1.54) is 14.0 Å². The molecule has 1 aromatic carbocycles. The zero-order chi connectivity index (χ0) is 13.3. The lowest BCUT2D eigenvalue weighted by Crippen LogP contribution is -2.27. The van der Waals surface area contributed by atoms with E-state index in [1.807, 2.05) is 0 Å². The normalized spacial score (nSPS) is 15.7. The smallest absolute Gasteiger partial charge is 0.383 e. The van der Waals surface area contributed by atoms with Crippen molar-refractivity contribution in [2.45, 2.75) is 18.7 Å². The Balaban J connectivity index is 3.13. The van der Waals surface area contributed by atoms with Gasteiger partial charge in [0.1, 0.15) is 11.4 Å². The number of hydrogen-bond acceptors (Lipinski definition) is 2. The summed E-state index contributed by atoms with van der Waals surface area (Å²) in [5.74, 6) is -1.41. The van der Waals surface area contributed by atoms with Crippen LogP contribution in [0.2, 0.25) is 0 Å². The van der Waals surface area contributed by atoms with E-state index in [1.54, 1.807) is 0 Å². The summed E-state index contributed by atoms with van der Waals surface area (Å²) in [7, 11) is 1.33. The predicted molar refractivity (Wildman–Crippen MR) is 52.8 cm³/mol. The Kier molecular flexibility index (Phi) is 3.78. The maximum Gasteiger partial charge on any atom is 0.419 e. The largest absolute Gasteiger partial charge is 0.419 e. The van der Waals surface area contributed by atoms with Crippen LogP contribution in [0, 0.1) is 5.82 Å². The van der Waals surface area contributed by atoms with Gasteiger partial charge in [-0.05, 0) is 24.6 Å². The van der Waals surface area contributed by atoms with Crippen molar-refractivity contribution in [1.29, 1.82) is 0 Å². The molecule has 0 aliphatic rings. The van der Waals surface area contributed by atoms with Crippen molar-refractivity contribution in [2.24, 2.45) is 0 Å². The van der Waals surface area contributed by atoms with Crippen LogP contribution < -0.4 is 0 Å². The van der Waals surface area contributed by atoms with Crippen LogP contribution in [0.5, 0.6) is 0 Å². The minimum atomic E-state index is -4.74. The van der Waals surface area contributed by atoms with Gasteiger partial charge in [0.05, 0.1) is 12.2 Å². The number of hydrogen-bond donors (Lipinski definition) is 1. The average molecular weight is 252 g/mol. The predicted octanol–water partition coefficient (Wildman–Crippen LogP) is 2.70. The molecule has 17 heavy (non-hydrogen) atoms. The summed E-state index contributed by atoms with van der Waals surface area (Å²) in [5, 5.41) is 9.83. The number of methoxy groups -OCH3 is 1. The summed E-state index contributed by atoms with van der Waals surface area (Å²) >= 11 is 0. The van der Waals surface area contributed by atoms with Crippen LogP contribution >= 0.6 is 0 Å². The summed E-state index contributed by atoms with van der Waals surface area (Å²) in [6, 6.07) is 2.31. The monoisotopic (exact) mass is 252 g/mol. The van der Waals surface area contributed by atoms with E-state index in [9.17, 15) is 22.7 Å². The number of ether oxygens (including phenoxy) is 1. The molecule has 1 N–H and O–H groups in total. The third-order valence-electron chi connectivity index (χ3n) is 2.32. The van der Waals surface area contributed by atoms with Gasteiger partial charge in [-0.3, -0.25) is 0 Å². The molecule has 96 valence electrons. The second-order valence-electron chi connectivity index (χ2n) is 3.90. The molecule has 1 unspecified atom stereocenters. The first-order chi connectivity index (χ1) is 7.68. The third kappa shape index (κ3) is 3.17. The van der Waals surface area contributed by atoms with Gasteiger partial charge in [-0.1, -0.05) is 6.07 Å². The van der Waals surface area contributed by atoms with E-state index < -0.39 is 23.2 Å². The average Bonchev–Trinajstić information content (AvgIpc) is 2.15. The molecule has 0 radical (unpaired) electrons. The first-order valence-electron chi connectivity index (χ1n) is 4.77. The van der Waals surface area contributed by atoms with E-state index in [2.05, 4.69) is 0 Å². The van der Waals surface area contributed by atoms with Crippen molar-refractivity contribution in [3.05, 3.63) is 35.1 Å². The van der Waals surface area contributed by atoms with Crippen LogP contribution in [0.4, 0.5) is 17.6 Å². The van der Waals surface area contributed by atoms with Crippen LogP contribution in [-0.4, -0.2) is 18.8 Å². The Morgan fingerprint density at radius 3 is 2.29 bits per heavy atom. The van der Waals surface area contributed by atoms with Crippen molar-refractivity contribution in [2.75, 3.05) is 13.7 Å². The summed E-state index contributed by atoms with van der Waals surface area (Å²) < 4.78 is 54.8. The molecule has 0 saturated heterocycles. The Morgan fingerprint density at radius 1 is 1.29 bits per heavy atom. The van der Waals surface area contributed by atoms with Crippen LogP contribution in [0.25, 0.3) is 0 Å².